The number of hydrogen-bond donors (Lipinski definition) is 1. The van der Waals surface area contributed by atoms with Crippen molar-refractivity contribution in [3.8, 4) is 11.5 Å². The van der Waals surface area contributed by atoms with E-state index in [9.17, 15) is 4.79 Å². The minimum Gasteiger partial charge on any atom is -0.493 e. The summed E-state index contributed by atoms with van der Waals surface area (Å²) in [6.45, 7) is 6.58. The largest absolute Gasteiger partial charge is 0.493 e. The smallest absolute Gasteiger partial charge is 0.252 e. The van der Waals surface area contributed by atoms with E-state index in [1.165, 1.54) is 0 Å². The Kier molecular flexibility index (Phi) is 5.85. The van der Waals surface area contributed by atoms with Gasteiger partial charge in [0.05, 0.1) is 36.4 Å². The van der Waals surface area contributed by atoms with Crippen molar-refractivity contribution in [2.24, 2.45) is 7.05 Å². The third-order valence-electron chi connectivity index (χ3n) is 5.73. The molecule has 1 unspecified atom stereocenters. The highest BCUT2D eigenvalue weighted by Crippen LogP contribution is 2.40. The molecule has 1 atom stereocenters. The number of carbonyl (C=O) groups excluding carboxylic acids is 1. The average Bonchev–Trinajstić information content (AvgIpc) is 3.57. The number of aromatic nitrogens is 3. The van der Waals surface area contributed by atoms with Crippen LogP contribution in [0.15, 0.2) is 24.3 Å². The normalized spacial score (nSPS) is 14.5. The summed E-state index contributed by atoms with van der Waals surface area (Å²) in [5.41, 5.74) is 4.14. The first-order valence-electron chi connectivity index (χ1n) is 10.9. The van der Waals surface area contributed by atoms with E-state index in [-0.39, 0.29) is 11.9 Å². The molecule has 0 radical (unpaired) electrons. The van der Waals surface area contributed by atoms with Crippen LogP contribution in [0.1, 0.15) is 72.4 Å². The summed E-state index contributed by atoms with van der Waals surface area (Å²) in [7, 11) is 3.50. The molecule has 164 valence electrons. The fourth-order valence-corrected chi connectivity index (χ4v) is 3.87. The van der Waals surface area contributed by atoms with Gasteiger partial charge in [-0.25, -0.2) is 4.98 Å². The van der Waals surface area contributed by atoms with E-state index in [0.717, 1.165) is 47.2 Å². The average molecular weight is 423 g/mol. The van der Waals surface area contributed by atoms with E-state index in [4.69, 9.17) is 14.5 Å². The van der Waals surface area contributed by atoms with Gasteiger partial charge >= 0.3 is 0 Å². The fourth-order valence-electron chi connectivity index (χ4n) is 3.87. The van der Waals surface area contributed by atoms with Crippen LogP contribution in [0, 0.1) is 6.92 Å². The summed E-state index contributed by atoms with van der Waals surface area (Å²) in [5.74, 6) is 1.70. The molecule has 1 aromatic carbocycles. The molecule has 2 aromatic heterocycles. The zero-order chi connectivity index (χ0) is 22.1. The van der Waals surface area contributed by atoms with Gasteiger partial charge in [0.25, 0.3) is 5.91 Å². The van der Waals surface area contributed by atoms with Crippen molar-refractivity contribution in [1.29, 1.82) is 0 Å². The van der Waals surface area contributed by atoms with Crippen LogP contribution >= 0.6 is 0 Å². The topological polar surface area (TPSA) is 78.3 Å². The molecule has 0 spiro atoms. The Morgan fingerprint density at radius 1 is 1.29 bits per heavy atom. The molecule has 1 fully saturated rings. The Morgan fingerprint density at radius 3 is 2.74 bits per heavy atom. The molecule has 0 bridgehead atoms. The van der Waals surface area contributed by atoms with Crippen LogP contribution in [-0.2, 0) is 7.05 Å². The summed E-state index contributed by atoms with van der Waals surface area (Å²) >= 11 is 0. The van der Waals surface area contributed by atoms with Gasteiger partial charge < -0.3 is 14.8 Å². The van der Waals surface area contributed by atoms with Crippen LogP contribution < -0.4 is 14.8 Å². The number of nitrogens with one attached hydrogen (secondary N) is 1. The predicted molar refractivity (Wildman–Crippen MR) is 120 cm³/mol. The zero-order valence-electron chi connectivity index (χ0n) is 18.9. The van der Waals surface area contributed by atoms with Gasteiger partial charge in [-0.05, 0) is 56.9 Å². The maximum atomic E-state index is 13.3. The van der Waals surface area contributed by atoms with Gasteiger partial charge in [0.2, 0.25) is 0 Å². The van der Waals surface area contributed by atoms with Crippen LogP contribution in [-0.4, -0.2) is 34.4 Å². The lowest BCUT2D eigenvalue weighted by Gasteiger charge is -2.18. The van der Waals surface area contributed by atoms with Gasteiger partial charge in [-0.3, -0.25) is 9.48 Å². The lowest BCUT2D eigenvalue weighted by molar-refractivity contribution is 0.0941. The van der Waals surface area contributed by atoms with E-state index < -0.39 is 0 Å². The molecule has 0 aliphatic heterocycles. The second-order valence-corrected chi connectivity index (χ2v) is 8.23. The standard InChI is InChI=1S/C24H30N4O3/c1-6-11-31-20-10-9-17(12-21(20)30-5)14(2)25-24(29)18-13-19(16-7-8-16)26-23-22(18)15(3)27-28(23)4/h9-10,12-14,16H,6-8,11H2,1-5H3,(H,25,29). The minimum absolute atomic E-state index is 0.122. The van der Waals surface area contributed by atoms with Gasteiger partial charge in [0.1, 0.15) is 0 Å². The summed E-state index contributed by atoms with van der Waals surface area (Å²) in [6, 6.07) is 7.52. The first-order chi connectivity index (χ1) is 14.9. The highest BCUT2D eigenvalue weighted by Gasteiger charge is 2.29. The summed E-state index contributed by atoms with van der Waals surface area (Å²) in [4.78, 5) is 18.1. The minimum atomic E-state index is -0.203. The number of rotatable bonds is 8. The van der Waals surface area contributed by atoms with Gasteiger partial charge in [-0.2, -0.15) is 5.10 Å². The van der Waals surface area contributed by atoms with E-state index in [1.54, 1.807) is 11.8 Å². The predicted octanol–water partition coefficient (Wildman–Crippen LogP) is 4.44. The molecule has 31 heavy (non-hydrogen) atoms. The van der Waals surface area contributed by atoms with E-state index in [2.05, 4.69) is 17.3 Å². The van der Waals surface area contributed by atoms with Gasteiger partial charge in [0, 0.05) is 18.7 Å². The Balaban J connectivity index is 1.62. The maximum Gasteiger partial charge on any atom is 0.252 e. The number of amides is 1. The van der Waals surface area contributed by atoms with Crippen molar-refractivity contribution < 1.29 is 14.3 Å². The molecule has 7 nitrogen and oxygen atoms in total. The fraction of sp³-hybridized carbons (Fsp3) is 0.458. The van der Waals surface area contributed by atoms with Crippen molar-refractivity contribution in [3.63, 3.8) is 0 Å². The molecule has 2 heterocycles. The molecule has 1 N–H and O–H groups in total. The van der Waals surface area contributed by atoms with Crippen LogP contribution in [0.4, 0.5) is 0 Å². The number of pyridine rings is 1. The maximum absolute atomic E-state index is 13.3. The van der Waals surface area contributed by atoms with Crippen molar-refractivity contribution in [2.75, 3.05) is 13.7 Å². The number of nitrogens with zero attached hydrogens (tertiary/aromatic N) is 3. The van der Waals surface area contributed by atoms with Crippen LogP contribution in [0.3, 0.4) is 0 Å². The third-order valence-corrected chi connectivity index (χ3v) is 5.73. The first kappa shape index (κ1) is 21.2. The molecule has 0 saturated heterocycles. The molecule has 1 amide bonds. The lowest BCUT2D eigenvalue weighted by atomic mass is 10.0. The van der Waals surface area contributed by atoms with E-state index in [0.29, 0.717) is 29.6 Å². The summed E-state index contributed by atoms with van der Waals surface area (Å²) < 4.78 is 13.0. The van der Waals surface area contributed by atoms with Crippen molar-refractivity contribution in [1.82, 2.24) is 20.1 Å². The number of ether oxygens (including phenoxy) is 2. The second-order valence-electron chi connectivity index (χ2n) is 8.23. The first-order valence-corrected chi connectivity index (χ1v) is 10.9. The summed E-state index contributed by atoms with van der Waals surface area (Å²) in [5, 5.41) is 8.45. The molecule has 1 aliphatic rings. The van der Waals surface area contributed by atoms with Gasteiger partial charge in [-0.1, -0.05) is 13.0 Å². The number of benzene rings is 1. The monoisotopic (exact) mass is 422 g/mol. The molecule has 3 aromatic rings. The Bertz CT molecular complexity index is 1120. The molecule has 7 heteroatoms. The van der Waals surface area contributed by atoms with Crippen LogP contribution in [0.2, 0.25) is 0 Å². The Morgan fingerprint density at radius 2 is 2.06 bits per heavy atom. The van der Waals surface area contributed by atoms with E-state index >= 15 is 0 Å². The second kappa shape index (κ2) is 8.57. The Labute approximate surface area is 182 Å². The Hall–Kier alpha value is -3.09. The zero-order valence-corrected chi connectivity index (χ0v) is 18.9. The van der Waals surface area contributed by atoms with Crippen molar-refractivity contribution >= 4 is 16.9 Å². The third kappa shape index (κ3) is 4.22. The number of carbonyl (C=O) groups is 1. The molecule has 4 rings (SSSR count). The number of fused-ring (bicyclic) bond motifs is 1. The van der Waals surface area contributed by atoms with Crippen LogP contribution in [0.5, 0.6) is 11.5 Å². The molecule has 1 saturated carbocycles. The lowest BCUT2D eigenvalue weighted by Crippen LogP contribution is -2.27. The molecular weight excluding hydrogens is 392 g/mol. The van der Waals surface area contributed by atoms with Crippen LogP contribution in [0.25, 0.3) is 11.0 Å². The number of aryl methyl sites for hydroxylation is 2. The summed E-state index contributed by atoms with van der Waals surface area (Å²) in [6.07, 6.45) is 3.17. The SMILES string of the molecule is CCCOc1ccc(C(C)NC(=O)c2cc(C3CC3)nc3c2c(C)nn3C)cc1OC. The molecular formula is C24H30N4O3. The molecule has 1 aliphatic carbocycles. The van der Waals surface area contributed by atoms with Gasteiger partial charge in [-0.15, -0.1) is 0 Å². The quantitative estimate of drug-likeness (QED) is 0.581. The van der Waals surface area contributed by atoms with Gasteiger partial charge in [0.15, 0.2) is 17.1 Å². The van der Waals surface area contributed by atoms with E-state index in [1.807, 2.05) is 45.2 Å². The highest BCUT2D eigenvalue weighted by atomic mass is 16.5. The highest BCUT2D eigenvalue weighted by molar-refractivity contribution is 6.06. The van der Waals surface area contributed by atoms with Crippen molar-refractivity contribution in [3.05, 3.63) is 46.8 Å². The number of methoxy groups -OCH3 is 1. The van der Waals surface area contributed by atoms with Crippen molar-refractivity contribution in [2.45, 2.75) is 52.0 Å². The number of hydrogen-bond acceptors (Lipinski definition) is 5.